The van der Waals surface area contributed by atoms with Crippen LogP contribution in [0.5, 0.6) is 5.75 Å². The van der Waals surface area contributed by atoms with Gasteiger partial charge in [-0.05, 0) is 57.2 Å². The van der Waals surface area contributed by atoms with E-state index in [0.29, 0.717) is 17.9 Å². The standard InChI is InChI=1S/C22H25N3O4/c1-14-19(8-7-17-16-5-3-6-18(16)22(27)29-20(14)17)28-15(2)21(26)24-9-4-11-25-12-10-23-13-25/h7-8,10,12-13,15H,3-6,9,11H2,1-2H3,(H,24,26)/t15-/m0/s1. The first kappa shape index (κ1) is 19.2. The van der Waals surface area contributed by atoms with Gasteiger partial charge in [-0.25, -0.2) is 9.78 Å². The lowest BCUT2D eigenvalue weighted by Crippen LogP contribution is -2.37. The van der Waals surface area contributed by atoms with Crippen LogP contribution >= 0.6 is 0 Å². The number of benzene rings is 1. The summed E-state index contributed by atoms with van der Waals surface area (Å²) in [5.74, 6) is 0.380. The molecular weight excluding hydrogens is 370 g/mol. The fraction of sp³-hybridized carbons (Fsp3) is 0.409. The van der Waals surface area contributed by atoms with Crippen LogP contribution in [0.3, 0.4) is 0 Å². The molecule has 0 saturated heterocycles. The van der Waals surface area contributed by atoms with Crippen molar-refractivity contribution in [1.82, 2.24) is 14.9 Å². The molecule has 0 unspecified atom stereocenters. The molecule has 0 spiro atoms. The minimum Gasteiger partial charge on any atom is -0.480 e. The van der Waals surface area contributed by atoms with Gasteiger partial charge in [-0.15, -0.1) is 0 Å². The zero-order chi connectivity index (χ0) is 20.4. The van der Waals surface area contributed by atoms with Crippen LogP contribution in [0.4, 0.5) is 0 Å². The molecule has 1 aliphatic rings. The third-order valence-corrected chi connectivity index (χ3v) is 5.46. The Morgan fingerprint density at radius 2 is 2.17 bits per heavy atom. The second kappa shape index (κ2) is 8.11. The highest BCUT2D eigenvalue weighted by molar-refractivity contribution is 5.86. The van der Waals surface area contributed by atoms with Crippen molar-refractivity contribution in [3.63, 3.8) is 0 Å². The van der Waals surface area contributed by atoms with Gasteiger partial charge >= 0.3 is 5.63 Å². The predicted octanol–water partition coefficient (Wildman–Crippen LogP) is 2.76. The molecule has 7 heteroatoms. The van der Waals surface area contributed by atoms with Gasteiger partial charge in [-0.1, -0.05) is 0 Å². The molecule has 1 N–H and O–H groups in total. The van der Waals surface area contributed by atoms with Crippen LogP contribution in [0.15, 0.2) is 40.1 Å². The van der Waals surface area contributed by atoms with Crippen LogP contribution in [-0.4, -0.2) is 28.1 Å². The highest BCUT2D eigenvalue weighted by Gasteiger charge is 2.22. The van der Waals surface area contributed by atoms with Crippen molar-refractivity contribution in [2.75, 3.05) is 6.54 Å². The quantitative estimate of drug-likeness (QED) is 0.491. The highest BCUT2D eigenvalue weighted by atomic mass is 16.5. The maximum atomic E-state index is 12.4. The van der Waals surface area contributed by atoms with Crippen LogP contribution < -0.4 is 15.7 Å². The van der Waals surface area contributed by atoms with Crippen LogP contribution in [0, 0.1) is 6.92 Å². The number of hydrogen-bond donors (Lipinski definition) is 1. The summed E-state index contributed by atoms with van der Waals surface area (Å²) in [7, 11) is 0. The van der Waals surface area contributed by atoms with E-state index in [9.17, 15) is 9.59 Å². The first-order valence-corrected chi connectivity index (χ1v) is 10.0. The van der Waals surface area contributed by atoms with Gasteiger partial charge in [0.05, 0.1) is 6.33 Å². The minimum absolute atomic E-state index is 0.175. The number of carbonyl (C=O) groups excluding carboxylic acids is 1. The summed E-state index contributed by atoms with van der Waals surface area (Å²) in [4.78, 5) is 28.6. The van der Waals surface area contributed by atoms with Crippen molar-refractivity contribution in [3.8, 4) is 5.75 Å². The molecule has 7 nitrogen and oxygen atoms in total. The zero-order valence-corrected chi connectivity index (χ0v) is 16.7. The van der Waals surface area contributed by atoms with Gasteiger partial charge in [0.15, 0.2) is 6.10 Å². The van der Waals surface area contributed by atoms with Crippen molar-refractivity contribution in [1.29, 1.82) is 0 Å². The topological polar surface area (TPSA) is 86.4 Å². The minimum atomic E-state index is -0.652. The molecule has 0 saturated carbocycles. The van der Waals surface area contributed by atoms with E-state index in [1.54, 1.807) is 19.4 Å². The Morgan fingerprint density at radius 3 is 2.97 bits per heavy atom. The van der Waals surface area contributed by atoms with Gasteiger partial charge in [0, 0.05) is 42.0 Å². The Balaban J connectivity index is 1.42. The van der Waals surface area contributed by atoms with Gasteiger partial charge in [0.2, 0.25) is 0 Å². The number of hydrogen-bond acceptors (Lipinski definition) is 5. The van der Waals surface area contributed by atoms with Gasteiger partial charge in [-0.3, -0.25) is 4.79 Å². The number of carbonyl (C=O) groups is 1. The van der Waals surface area contributed by atoms with Crippen molar-refractivity contribution in [3.05, 3.63) is 58.0 Å². The molecular formula is C22H25N3O4. The summed E-state index contributed by atoms with van der Waals surface area (Å²) in [6.45, 7) is 4.93. The number of nitrogens with zero attached hydrogens (tertiary/aromatic N) is 2. The molecule has 0 radical (unpaired) electrons. The van der Waals surface area contributed by atoms with Crippen molar-refractivity contribution in [2.24, 2.45) is 0 Å². The molecule has 1 amide bonds. The number of aromatic nitrogens is 2. The lowest BCUT2D eigenvalue weighted by molar-refractivity contribution is -0.127. The maximum absolute atomic E-state index is 12.4. The average Bonchev–Trinajstić information content (AvgIpc) is 3.40. The number of nitrogens with one attached hydrogen (secondary N) is 1. The van der Waals surface area contributed by atoms with E-state index in [1.807, 2.05) is 29.8 Å². The van der Waals surface area contributed by atoms with Crippen molar-refractivity contribution >= 4 is 16.9 Å². The highest BCUT2D eigenvalue weighted by Crippen LogP contribution is 2.33. The molecule has 152 valence electrons. The Morgan fingerprint density at radius 1 is 1.34 bits per heavy atom. The smallest absolute Gasteiger partial charge is 0.339 e. The summed E-state index contributed by atoms with van der Waals surface area (Å²) >= 11 is 0. The summed E-state index contributed by atoms with van der Waals surface area (Å²) < 4.78 is 13.4. The number of ether oxygens (including phenoxy) is 1. The number of aryl methyl sites for hydroxylation is 3. The first-order valence-electron chi connectivity index (χ1n) is 10.0. The molecule has 1 atom stereocenters. The van der Waals surface area contributed by atoms with Crippen LogP contribution in [0.1, 0.15) is 36.5 Å². The number of amides is 1. The second-order valence-electron chi connectivity index (χ2n) is 7.47. The van der Waals surface area contributed by atoms with Crippen LogP contribution in [0.25, 0.3) is 11.0 Å². The molecule has 29 heavy (non-hydrogen) atoms. The molecule has 0 aliphatic heterocycles. The van der Waals surface area contributed by atoms with Gasteiger partial charge < -0.3 is 19.0 Å². The fourth-order valence-corrected chi connectivity index (χ4v) is 3.87. The third kappa shape index (κ3) is 3.90. The zero-order valence-electron chi connectivity index (χ0n) is 16.7. The van der Waals surface area contributed by atoms with E-state index >= 15 is 0 Å². The summed E-state index contributed by atoms with van der Waals surface area (Å²) in [6, 6.07) is 3.79. The van der Waals surface area contributed by atoms with E-state index in [0.717, 1.165) is 54.3 Å². The number of rotatable bonds is 7. The molecule has 1 aliphatic carbocycles. The molecule has 2 heterocycles. The second-order valence-corrected chi connectivity index (χ2v) is 7.47. The predicted molar refractivity (Wildman–Crippen MR) is 109 cm³/mol. The van der Waals surface area contributed by atoms with Crippen molar-refractivity contribution in [2.45, 2.75) is 52.2 Å². The Bertz CT molecular complexity index is 1090. The van der Waals surface area contributed by atoms with Crippen LogP contribution in [-0.2, 0) is 24.2 Å². The summed E-state index contributed by atoms with van der Waals surface area (Å²) in [5, 5.41) is 3.86. The number of imidazole rings is 1. The largest absolute Gasteiger partial charge is 0.480 e. The molecule has 2 aromatic heterocycles. The molecule has 1 aromatic carbocycles. The first-order chi connectivity index (χ1) is 14.0. The maximum Gasteiger partial charge on any atom is 0.339 e. The van der Waals surface area contributed by atoms with E-state index in [1.165, 1.54) is 0 Å². The van der Waals surface area contributed by atoms with Crippen LogP contribution in [0.2, 0.25) is 0 Å². The Hall–Kier alpha value is -3.09. The molecule has 4 rings (SSSR count). The summed E-state index contributed by atoms with van der Waals surface area (Å²) in [5.41, 5.74) is 2.94. The van der Waals surface area contributed by atoms with Gasteiger partial charge in [0.25, 0.3) is 5.91 Å². The Kier molecular flexibility index (Phi) is 5.38. The van der Waals surface area contributed by atoms with E-state index in [2.05, 4.69) is 10.3 Å². The average molecular weight is 395 g/mol. The lowest BCUT2D eigenvalue weighted by Gasteiger charge is -2.17. The van der Waals surface area contributed by atoms with Gasteiger partial charge in [-0.2, -0.15) is 0 Å². The molecule has 0 fully saturated rings. The van der Waals surface area contributed by atoms with Gasteiger partial charge in [0.1, 0.15) is 11.3 Å². The van der Waals surface area contributed by atoms with Crippen molar-refractivity contribution < 1.29 is 13.9 Å². The fourth-order valence-electron chi connectivity index (χ4n) is 3.87. The lowest BCUT2D eigenvalue weighted by atomic mass is 10.0. The summed E-state index contributed by atoms with van der Waals surface area (Å²) in [6.07, 6.45) is 8.19. The van der Waals surface area contributed by atoms with E-state index < -0.39 is 6.10 Å². The molecule has 3 aromatic rings. The molecule has 0 bridgehead atoms. The Labute approximate surface area is 168 Å². The van der Waals surface area contributed by atoms with E-state index in [4.69, 9.17) is 9.15 Å². The third-order valence-electron chi connectivity index (χ3n) is 5.46. The normalized spacial score (nSPS) is 14.0. The van der Waals surface area contributed by atoms with E-state index in [-0.39, 0.29) is 11.5 Å². The number of fused-ring (bicyclic) bond motifs is 3. The monoisotopic (exact) mass is 395 g/mol. The SMILES string of the molecule is Cc1c(O[C@@H](C)C(=O)NCCCn2ccnc2)ccc2c3c(c(=O)oc12)CCC3.